The molecule has 0 atom stereocenters. The highest BCUT2D eigenvalue weighted by Crippen LogP contribution is 2.22. The van der Waals surface area contributed by atoms with E-state index in [4.69, 9.17) is 4.74 Å². The van der Waals surface area contributed by atoms with Crippen molar-refractivity contribution in [2.75, 3.05) is 13.1 Å². The van der Waals surface area contributed by atoms with Gasteiger partial charge >= 0.3 is 0 Å². The van der Waals surface area contributed by atoms with Crippen LogP contribution < -0.4 is 10.3 Å². The van der Waals surface area contributed by atoms with Gasteiger partial charge in [-0.25, -0.2) is 4.98 Å². The summed E-state index contributed by atoms with van der Waals surface area (Å²) < 4.78 is 7.59. The average molecular weight is 391 g/mol. The molecule has 1 fully saturated rings. The topological polar surface area (TPSA) is 64.4 Å². The Bertz CT molecular complexity index is 1100. The number of carbonyl (C=O) groups excluding carboxylic acids is 1. The normalized spacial score (nSPS) is 14.9. The molecule has 6 heteroatoms. The van der Waals surface area contributed by atoms with Gasteiger partial charge in [-0.3, -0.25) is 14.2 Å². The third kappa shape index (κ3) is 4.01. The quantitative estimate of drug-likeness (QED) is 0.686. The van der Waals surface area contributed by atoms with Crippen LogP contribution in [0.2, 0.25) is 0 Å². The molecule has 150 valence electrons. The Morgan fingerprint density at radius 3 is 2.52 bits per heavy atom. The van der Waals surface area contributed by atoms with Crippen molar-refractivity contribution in [3.05, 3.63) is 70.3 Å². The summed E-state index contributed by atoms with van der Waals surface area (Å²) in [5.41, 5.74) is 1.61. The lowest BCUT2D eigenvalue weighted by molar-refractivity contribution is -0.133. The molecule has 6 nitrogen and oxygen atoms in total. The number of amides is 1. The van der Waals surface area contributed by atoms with Gasteiger partial charge in [0, 0.05) is 25.9 Å². The van der Waals surface area contributed by atoms with Crippen molar-refractivity contribution in [3.8, 4) is 5.75 Å². The van der Waals surface area contributed by atoms with Gasteiger partial charge in [-0.05, 0) is 37.6 Å². The highest BCUT2D eigenvalue weighted by molar-refractivity contribution is 5.79. The lowest BCUT2D eigenvalue weighted by Gasteiger charge is -2.32. The van der Waals surface area contributed by atoms with E-state index in [1.54, 1.807) is 13.0 Å². The van der Waals surface area contributed by atoms with Crippen LogP contribution >= 0.6 is 0 Å². The molecule has 1 aromatic heterocycles. The summed E-state index contributed by atoms with van der Waals surface area (Å²) in [5.74, 6) is 1.41. The molecule has 1 saturated heterocycles. The minimum atomic E-state index is -0.167. The Hall–Kier alpha value is -3.15. The molecule has 2 aromatic carbocycles. The van der Waals surface area contributed by atoms with Crippen LogP contribution in [0.5, 0.6) is 5.75 Å². The van der Waals surface area contributed by atoms with Crippen LogP contribution in [0, 0.1) is 13.8 Å². The lowest BCUT2D eigenvalue weighted by atomic mass is 10.1. The molecule has 0 N–H and O–H groups in total. The van der Waals surface area contributed by atoms with E-state index < -0.39 is 0 Å². The number of aryl methyl sites for hydroxylation is 2. The summed E-state index contributed by atoms with van der Waals surface area (Å²) in [6, 6.07) is 15.2. The van der Waals surface area contributed by atoms with Crippen LogP contribution in [0.3, 0.4) is 0 Å². The maximum atomic E-state index is 12.8. The molecule has 1 aliphatic rings. The minimum Gasteiger partial charge on any atom is -0.490 e. The van der Waals surface area contributed by atoms with E-state index in [1.165, 1.54) is 4.57 Å². The second kappa shape index (κ2) is 8.07. The van der Waals surface area contributed by atoms with Crippen LogP contribution in [0.1, 0.15) is 24.2 Å². The number of fused-ring (bicyclic) bond motifs is 1. The van der Waals surface area contributed by atoms with E-state index in [0.29, 0.717) is 29.8 Å². The fourth-order valence-electron chi connectivity index (χ4n) is 3.79. The Balaban J connectivity index is 1.41. The van der Waals surface area contributed by atoms with Crippen LogP contribution in [0.25, 0.3) is 10.9 Å². The number of para-hydroxylation sites is 2. The fraction of sp³-hybridized carbons (Fsp3) is 0.348. The van der Waals surface area contributed by atoms with Gasteiger partial charge in [-0.1, -0.05) is 30.3 Å². The number of benzene rings is 2. The first-order valence-corrected chi connectivity index (χ1v) is 9.99. The molecule has 0 radical (unpaired) electrons. The first kappa shape index (κ1) is 19.2. The van der Waals surface area contributed by atoms with Crippen molar-refractivity contribution < 1.29 is 9.53 Å². The smallest absolute Gasteiger partial charge is 0.261 e. The van der Waals surface area contributed by atoms with Crippen molar-refractivity contribution in [1.82, 2.24) is 14.5 Å². The van der Waals surface area contributed by atoms with Gasteiger partial charge in [0.05, 0.1) is 10.9 Å². The number of aromatic nitrogens is 2. The lowest BCUT2D eigenvalue weighted by Crippen LogP contribution is -2.44. The largest absolute Gasteiger partial charge is 0.490 e. The molecule has 2 heterocycles. The Morgan fingerprint density at radius 2 is 1.76 bits per heavy atom. The van der Waals surface area contributed by atoms with Crippen molar-refractivity contribution >= 4 is 16.8 Å². The highest BCUT2D eigenvalue weighted by Gasteiger charge is 2.25. The maximum Gasteiger partial charge on any atom is 0.261 e. The molecular weight excluding hydrogens is 366 g/mol. The molecule has 0 aliphatic carbocycles. The summed E-state index contributed by atoms with van der Waals surface area (Å²) in [5, 5.41) is 0.538. The molecule has 4 rings (SSSR count). The van der Waals surface area contributed by atoms with Crippen LogP contribution in [-0.4, -0.2) is 39.6 Å². The SMILES string of the molecule is Cc1ccccc1OC1CCN(C(=O)Cn2c(C)nc3ccccc3c2=O)CC1. The number of hydrogen-bond donors (Lipinski definition) is 0. The summed E-state index contributed by atoms with van der Waals surface area (Å²) in [6.07, 6.45) is 1.67. The summed E-state index contributed by atoms with van der Waals surface area (Å²) >= 11 is 0. The molecule has 0 spiro atoms. The predicted molar refractivity (Wildman–Crippen MR) is 112 cm³/mol. The van der Waals surface area contributed by atoms with E-state index in [2.05, 4.69) is 4.98 Å². The van der Waals surface area contributed by atoms with Gasteiger partial charge in [-0.15, -0.1) is 0 Å². The first-order valence-electron chi connectivity index (χ1n) is 9.99. The first-order chi connectivity index (χ1) is 14.0. The van der Waals surface area contributed by atoms with Gasteiger partial charge < -0.3 is 9.64 Å². The van der Waals surface area contributed by atoms with E-state index in [-0.39, 0.29) is 24.1 Å². The van der Waals surface area contributed by atoms with E-state index in [9.17, 15) is 9.59 Å². The second-order valence-electron chi connectivity index (χ2n) is 7.53. The molecule has 3 aromatic rings. The van der Waals surface area contributed by atoms with E-state index >= 15 is 0 Å². The molecule has 0 saturated carbocycles. The number of nitrogens with zero attached hydrogens (tertiary/aromatic N) is 3. The number of piperidine rings is 1. The van der Waals surface area contributed by atoms with E-state index in [0.717, 1.165) is 24.2 Å². The van der Waals surface area contributed by atoms with Crippen molar-refractivity contribution in [2.24, 2.45) is 0 Å². The van der Waals surface area contributed by atoms with Crippen LogP contribution in [0.15, 0.2) is 53.3 Å². The zero-order valence-corrected chi connectivity index (χ0v) is 16.8. The number of carbonyl (C=O) groups is 1. The molecular formula is C23H25N3O3. The zero-order chi connectivity index (χ0) is 20.4. The van der Waals surface area contributed by atoms with Gasteiger partial charge in [-0.2, -0.15) is 0 Å². The van der Waals surface area contributed by atoms with Crippen molar-refractivity contribution in [1.29, 1.82) is 0 Å². The minimum absolute atomic E-state index is 0.0197. The fourth-order valence-corrected chi connectivity index (χ4v) is 3.79. The molecule has 29 heavy (non-hydrogen) atoms. The second-order valence-corrected chi connectivity index (χ2v) is 7.53. The van der Waals surface area contributed by atoms with Crippen LogP contribution in [0.4, 0.5) is 0 Å². The standard InChI is InChI=1S/C23H25N3O3/c1-16-7-3-6-10-21(16)29-18-11-13-25(14-12-18)22(27)15-26-17(2)24-20-9-5-4-8-19(20)23(26)28/h3-10,18H,11-15H2,1-2H3. The number of ether oxygens (including phenoxy) is 1. The number of rotatable bonds is 4. The third-order valence-electron chi connectivity index (χ3n) is 5.53. The third-order valence-corrected chi connectivity index (χ3v) is 5.53. The Kier molecular flexibility index (Phi) is 5.34. The highest BCUT2D eigenvalue weighted by atomic mass is 16.5. The predicted octanol–water partition coefficient (Wildman–Crippen LogP) is 3.08. The number of likely N-dealkylation sites (tertiary alicyclic amines) is 1. The molecule has 1 amide bonds. The molecule has 1 aliphatic heterocycles. The number of hydrogen-bond acceptors (Lipinski definition) is 4. The molecule has 0 unspecified atom stereocenters. The molecule has 0 bridgehead atoms. The monoisotopic (exact) mass is 391 g/mol. The Labute approximate surface area is 169 Å². The van der Waals surface area contributed by atoms with Gasteiger partial charge in [0.25, 0.3) is 5.56 Å². The summed E-state index contributed by atoms with van der Waals surface area (Å²) in [4.78, 5) is 31.9. The van der Waals surface area contributed by atoms with E-state index in [1.807, 2.05) is 54.3 Å². The van der Waals surface area contributed by atoms with Gasteiger partial charge in [0.15, 0.2) is 0 Å². The maximum absolute atomic E-state index is 12.8. The zero-order valence-electron chi connectivity index (χ0n) is 16.8. The summed E-state index contributed by atoms with van der Waals surface area (Å²) in [7, 11) is 0. The van der Waals surface area contributed by atoms with Crippen molar-refractivity contribution in [2.45, 2.75) is 39.3 Å². The van der Waals surface area contributed by atoms with Crippen LogP contribution in [-0.2, 0) is 11.3 Å². The summed E-state index contributed by atoms with van der Waals surface area (Å²) in [6.45, 7) is 5.08. The van der Waals surface area contributed by atoms with Gasteiger partial charge in [0.2, 0.25) is 5.91 Å². The average Bonchev–Trinajstić information content (AvgIpc) is 2.73. The van der Waals surface area contributed by atoms with Crippen molar-refractivity contribution in [3.63, 3.8) is 0 Å². The van der Waals surface area contributed by atoms with Gasteiger partial charge in [0.1, 0.15) is 24.2 Å². The Morgan fingerprint density at radius 1 is 1.07 bits per heavy atom.